The summed E-state index contributed by atoms with van der Waals surface area (Å²) in [5, 5.41) is 0. The quantitative estimate of drug-likeness (QED) is 0.184. The molecule has 0 bridgehead atoms. The number of halogens is 1. The van der Waals surface area contributed by atoms with Gasteiger partial charge >= 0.3 is 0 Å². The number of fused-ring (bicyclic) bond motifs is 2. The van der Waals surface area contributed by atoms with Gasteiger partial charge in [-0.05, 0) is 42.7 Å². The largest absolute Gasteiger partial charge is 0.340 e. The van der Waals surface area contributed by atoms with E-state index in [0.717, 1.165) is 6.54 Å². The van der Waals surface area contributed by atoms with Gasteiger partial charge in [-0.25, -0.2) is 0 Å². The van der Waals surface area contributed by atoms with E-state index in [4.69, 9.17) is 11.6 Å². The molecule has 2 nitrogen and oxygen atoms in total. The maximum Gasteiger partial charge on any atom is 0.209 e. The zero-order valence-corrected chi connectivity index (χ0v) is 23.3. The van der Waals surface area contributed by atoms with Crippen LogP contribution in [0.1, 0.15) is 49.9 Å². The number of hydrogen-bond acceptors (Lipinski definition) is 1. The number of para-hydroxylation sites is 2. The summed E-state index contributed by atoms with van der Waals surface area (Å²) >= 11 is 6.28. The Morgan fingerprint density at radius 1 is 0.757 bits per heavy atom. The number of anilines is 1. The summed E-state index contributed by atoms with van der Waals surface area (Å²) in [4.78, 5) is 2.45. The summed E-state index contributed by atoms with van der Waals surface area (Å²) < 4.78 is 2.31. The molecule has 0 saturated carbocycles. The SMILES string of the molecule is C[N+]1=C(C=CC=CC=C2N(Cc3ccccc3CCl)c3ccccc3C2(C)C)C(C)(C)c2ccccc21. The molecule has 188 valence electrons. The molecule has 2 aliphatic heterocycles. The fourth-order valence-electron chi connectivity index (χ4n) is 5.98. The van der Waals surface area contributed by atoms with E-state index in [2.05, 4.69) is 147 Å². The van der Waals surface area contributed by atoms with Crippen LogP contribution in [0.2, 0.25) is 0 Å². The van der Waals surface area contributed by atoms with Crippen LogP contribution in [0.3, 0.4) is 0 Å². The van der Waals surface area contributed by atoms with Crippen molar-refractivity contribution >= 4 is 28.7 Å². The molecule has 37 heavy (non-hydrogen) atoms. The summed E-state index contributed by atoms with van der Waals surface area (Å²) in [5.74, 6) is 0.520. The van der Waals surface area contributed by atoms with Crippen LogP contribution in [0.25, 0.3) is 0 Å². The van der Waals surface area contributed by atoms with Crippen molar-refractivity contribution in [2.45, 2.75) is 50.9 Å². The topological polar surface area (TPSA) is 6.25 Å². The molecule has 0 fully saturated rings. The highest BCUT2D eigenvalue weighted by atomic mass is 35.5. The average Bonchev–Trinajstić information content (AvgIpc) is 3.23. The maximum atomic E-state index is 6.28. The fraction of sp³-hybridized carbons (Fsp3) is 0.265. The summed E-state index contributed by atoms with van der Waals surface area (Å²) in [5.41, 5.74) is 10.2. The Bertz CT molecular complexity index is 1450. The Morgan fingerprint density at radius 2 is 1.41 bits per heavy atom. The third-order valence-corrected chi connectivity index (χ3v) is 8.35. The van der Waals surface area contributed by atoms with Crippen molar-refractivity contribution in [2.75, 3.05) is 11.9 Å². The Morgan fingerprint density at radius 3 is 2.14 bits per heavy atom. The van der Waals surface area contributed by atoms with Gasteiger partial charge in [0.15, 0.2) is 5.71 Å². The van der Waals surface area contributed by atoms with E-state index < -0.39 is 0 Å². The predicted octanol–water partition coefficient (Wildman–Crippen LogP) is 8.43. The second-order valence-electron chi connectivity index (χ2n) is 11.0. The summed E-state index contributed by atoms with van der Waals surface area (Å²) in [7, 11) is 2.16. The van der Waals surface area contributed by atoms with Crippen LogP contribution >= 0.6 is 11.6 Å². The Labute approximate surface area is 226 Å². The molecule has 0 saturated heterocycles. The number of hydrogen-bond donors (Lipinski definition) is 0. The van der Waals surface area contributed by atoms with Gasteiger partial charge in [-0.15, -0.1) is 11.6 Å². The van der Waals surface area contributed by atoms with E-state index >= 15 is 0 Å². The molecule has 0 radical (unpaired) electrons. The minimum absolute atomic E-state index is 0.0180. The normalized spacial score (nSPS) is 18.9. The third kappa shape index (κ3) is 4.38. The lowest BCUT2D eigenvalue weighted by Gasteiger charge is -2.27. The molecule has 5 rings (SSSR count). The van der Waals surface area contributed by atoms with Crippen LogP contribution in [-0.2, 0) is 23.3 Å². The first kappa shape index (κ1) is 25.3. The van der Waals surface area contributed by atoms with Crippen LogP contribution in [0.5, 0.6) is 0 Å². The molecule has 3 aromatic carbocycles. The second-order valence-corrected chi connectivity index (χ2v) is 11.3. The maximum absolute atomic E-state index is 6.28. The minimum Gasteiger partial charge on any atom is -0.340 e. The molecule has 0 aromatic heterocycles. The molecule has 0 unspecified atom stereocenters. The molecule has 0 atom stereocenters. The Kier molecular flexibility index (Phi) is 6.72. The van der Waals surface area contributed by atoms with Crippen LogP contribution in [-0.4, -0.2) is 17.3 Å². The van der Waals surface area contributed by atoms with Crippen LogP contribution in [0, 0.1) is 0 Å². The Hall–Kier alpha value is -3.36. The van der Waals surface area contributed by atoms with E-state index in [9.17, 15) is 0 Å². The Balaban J connectivity index is 1.45. The summed E-state index contributed by atoms with van der Waals surface area (Å²) in [6.45, 7) is 10.0. The second kappa shape index (κ2) is 9.84. The van der Waals surface area contributed by atoms with Crippen LogP contribution in [0.15, 0.2) is 109 Å². The zero-order chi connectivity index (χ0) is 26.2. The third-order valence-electron chi connectivity index (χ3n) is 8.06. The van der Waals surface area contributed by atoms with Gasteiger partial charge in [0.05, 0.1) is 5.41 Å². The standard InChI is InChI=1S/C34H36ClN2/c1-33(2)27-17-11-13-19-29(27)36(5)31(33)21-7-6-8-22-32-34(3,4)28-18-12-14-20-30(28)37(32)24-26-16-10-9-15-25(26)23-35/h6-22H,23-24H2,1-5H3/q+1. The lowest BCUT2D eigenvalue weighted by molar-refractivity contribution is -0.401. The molecule has 3 heteroatoms. The van der Waals surface area contributed by atoms with Crippen molar-refractivity contribution in [3.05, 3.63) is 131 Å². The lowest BCUT2D eigenvalue weighted by atomic mass is 9.81. The summed E-state index contributed by atoms with van der Waals surface area (Å²) in [6, 6.07) is 25.9. The van der Waals surface area contributed by atoms with Crippen LogP contribution in [0.4, 0.5) is 11.4 Å². The van der Waals surface area contributed by atoms with Crippen molar-refractivity contribution in [2.24, 2.45) is 0 Å². The first-order valence-corrected chi connectivity index (χ1v) is 13.6. The summed E-state index contributed by atoms with van der Waals surface area (Å²) in [6.07, 6.45) is 11.0. The van der Waals surface area contributed by atoms with Crippen molar-refractivity contribution in [3.8, 4) is 0 Å². The van der Waals surface area contributed by atoms with Gasteiger partial charge in [0.2, 0.25) is 5.69 Å². The number of nitrogens with zero attached hydrogens (tertiary/aromatic N) is 2. The zero-order valence-electron chi connectivity index (χ0n) is 22.5. The molecule has 3 aromatic rings. The van der Waals surface area contributed by atoms with Gasteiger partial charge in [0, 0.05) is 46.9 Å². The highest BCUT2D eigenvalue weighted by Crippen LogP contribution is 2.48. The first-order valence-electron chi connectivity index (χ1n) is 13.0. The van der Waals surface area contributed by atoms with Gasteiger partial charge in [0.1, 0.15) is 7.05 Å². The van der Waals surface area contributed by atoms with E-state index in [-0.39, 0.29) is 10.8 Å². The minimum atomic E-state index is -0.0926. The van der Waals surface area contributed by atoms with E-state index in [1.165, 1.54) is 45.0 Å². The molecule has 0 N–H and O–H groups in total. The lowest BCUT2D eigenvalue weighted by Crippen LogP contribution is -2.26. The number of allylic oxidation sites excluding steroid dienone is 6. The van der Waals surface area contributed by atoms with Gasteiger partial charge < -0.3 is 4.90 Å². The number of alkyl halides is 1. The van der Waals surface area contributed by atoms with Crippen molar-refractivity contribution in [1.82, 2.24) is 0 Å². The molecule has 2 heterocycles. The fourth-order valence-corrected chi connectivity index (χ4v) is 6.24. The molecular weight excluding hydrogens is 472 g/mol. The smallest absolute Gasteiger partial charge is 0.209 e. The van der Waals surface area contributed by atoms with E-state index in [0.29, 0.717) is 5.88 Å². The van der Waals surface area contributed by atoms with E-state index in [1.54, 1.807) is 0 Å². The van der Waals surface area contributed by atoms with Gasteiger partial charge in [-0.2, -0.15) is 4.58 Å². The molecular formula is C34H36ClN2+. The van der Waals surface area contributed by atoms with Crippen molar-refractivity contribution < 1.29 is 4.58 Å². The van der Waals surface area contributed by atoms with Gasteiger partial charge in [-0.1, -0.05) is 92.7 Å². The van der Waals surface area contributed by atoms with Gasteiger partial charge in [0.25, 0.3) is 0 Å². The van der Waals surface area contributed by atoms with Crippen molar-refractivity contribution in [1.29, 1.82) is 0 Å². The molecule has 0 spiro atoms. The number of rotatable bonds is 6. The average molecular weight is 508 g/mol. The highest BCUT2D eigenvalue weighted by Gasteiger charge is 2.42. The molecule has 0 amide bonds. The number of benzene rings is 3. The molecule has 2 aliphatic rings. The first-order chi connectivity index (χ1) is 17.8. The van der Waals surface area contributed by atoms with Crippen LogP contribution < -0.4 is 4.90 Å². The van der Waals surface area contributed by atoms with Gasteiger partial charge in [-0.3, -0.25) is 0 Å². The predicted molar refractivity (Wildman–Crippen MR) is 158 cm³/mol. The van der Waals surface area contributed by atoms with Crippen molar-refractivity contribution in [3.63, 3.8) is 0 Å². The highest BCUT2D eigenvalue weighted by molar-refractivity contribution is 6.17. The van der Waals surface area contributed by atoms with E-state index in [1.807, 2.05) is 0 Å². The monoisotopic (exact) mass is 507 g/mol. The molecule has 0 aliphatic carbocycles.